The summed E-state index contributed by atoms with van der Waals surface area (Å²) in [6.45, 7) is 2.34. The molecule has 1 amide bonds. The molecule has 0 spiro atoms. The Morgan fingerprint density at radius 3 is 3.06 bits per heavy atom. The van der Waals surface area contributed by atoms with E-state index < -0.39 is 0 Å². The highest BCUT2D eigenvalue weighted by Crippen LogP contribution is 2.16. The van der Waals surface area contributed by atoms with Crippen LogP contribution >= 0.6 is 0 Å². The van der Waals surface area contributed by atoms with E-state index >= 15 is 0 Å². The molecular weight excluding hydrogens is 202 g/mol. The SMILES string of the molecule is CC(N)CNC(=O)c1cccc2cc[nH]c12. The summed E-state index contributed by atoms with van der Waals surface area (Å²) in [5.41, 5.74) is 7.11. The van der Waals surface area contributed by atoms with E-state index in [0.29, 0.717) is 12.1 Å². The van der Waals surface area contributed by atoms with Crippen LogP contribution in [0.5, 0.6) is 0 Å². The number of aromatic amines is 1. The number of carbonyl (C=O) groups is 1. The summed E-state index contributed by atoms with van der Waals surface area (Å²) in [6, 6.07) is 7.55. The first kappa shape index (κ1) is 10.7. The normalized spacial score (nSPS) is 12.6. The molecule has 1 atom stereocenters. The van der Waals surface area contributed by atoms with Crippen molar-refractivity contribution < 1.29 is 4.79 Å². The Labute approximate surface area is 93.8 Å². The maximum atomic E-state index is 11.9. The van der Waals surface area contributed by atoms with E-state index in [1.54, 1.807) is 6.07 Å². The third-order valence-electron chi connectivity index (χ3n) is 2.42. The van der Waals surface area contributed by atoms with Gasteiger partial charge in [0, 0.05) is 24.2 Å². The second kappa shape index (κ2) is 4.37. The lowest BCUT2D eigenvalue weighted by atomic mass is 10.1. The Balaban J connectivity index is 2.25. The molecular formula is C12H15N3O. The number of para-hydroxylation sites is 1. The smallest absolute Gasteiger partial charge is 0.253 e. The average Bonchev–Trinajstić information content (AvgIpc) is 2.73. The molecule has 1 unspecified atom stereocenters. The van der Waals surface area contributed by atoms with Crippen molar-refractivity contribution in [3.8, 4) is 0 Å². The number of fused-ring (bicyclic) bond motifs is 1. The quantitative estimate of drug-likeness (QED) is 0.724. The molecule has 2 rings (SSSR count). The van der Waals surface area contributed by atoms with Crippen LogP contribution in [0.4, 0.5) is 0 Å². The number of benzene rings is 1. The van der Waals surface area contributed by atoms with Crippen molar-refractivity contribution in [2.24, 2.45) is 5.73 Å². The second-order valence-corrected chi connectivity index (χ2v) is 3.93. The fourth-order valence-electron chi connectivity index (χ4n) is 1.62. The molecule has 4 nitrogen and oxygen atoms in total. The predicted molar refractivity (Wildman–Crippen MR) is 64.3 cm³/mol. The number of H-pyrrole nitrogens is 1. The average molecular weight is 217 g/mol. The van der Waals surface area contributed by atoms with Crippen LogP contribution in [0, 0.1) is 0 Å². The van der Waals surface area contributed by atoms with Gasteiger partial charge in [0.25, 0.3) is 5.91 Å². The summed E-state index contributed by atoms with van der Waals surface area (Å²) in [4.78, 5) is 14.9. The third-order valence-corrected chi connectivity index (χ3v) is 2.42. The highest BCUT2D eigenvalue weighted by Gasteiger charge is 2.10. The van der Waals surface area contributed by atoms with Crippen molar-refractivity contribution >= 4 is 16.8 Å². The van der Waals surface area contributed by atoms with Gasteiger partial charge in [0.15, 0.2) is 0 Å². The molecule has 2 aromatic rings. The molecule has 0 saturated heterocycles. The first-order chi connectivity index (χ1) is 7.68. The Kier molecular flexibility index (Phi) is 2.92. The van der Waals surface area contributed by atoms with Gasteiger partial charge >= 0.3 is 0 Å². The molecule has 0 radical (unpaired) electrons. The van der Waals surface area contributed by atoms with Crippen molar-refractivity contribution in [1.29, 1.82) is 0 Å². The Morgan fingerprint density at radius 1 is 1.50 bits per heavy atom. The summed E-state index contributed by atoms with van der Waals surface area (Å²) in [6.07, 6.45) is 1.83. The van der Waals surface area contributed by atoms with E-state index in [0.717, 1.165) is 10.9 Å². The maximum Gasteiger partial charge on any atom is 0.253 e. The number of hydrogen-bond donors (Lipinski definition) is 3. The summed E-state index contributed by atoms with van der Waals surface area (Å²) in [5, 5.41) is 3.83. The number of hydrogen-bond acceptors (Lipinski definition) is 2. The Morgan fingerprint density at radius 2 is 2.31 bits per heavy atom. The van der Waals surface area contributed by atoms with Gasteiger partial charge in [0.1, 0.15) is 0 Å². The van der Waals surface area contributed by atoms with Gasteiger partial charge in [-0.15, -0.1) is 0 Å². The fraction of sp³-hybridized carbons (Fsp3) is 0.250. The number of nitrogens with one attached hydrogen (secondary N) is 2. The molecule has 0 aliphatic rings. The lowest BCUT2D eigenvalue weighted by molar-refractivity contribution is 0.0953. The minimum absolute atomic E-state index is 0.0354. The maximum absolute atomic E-state index is 11.9. The van der Waals surface area contributed by atoms with Crippen LogP contribution in [0.25, 0.3) is 10.9 Å². The van der Waals surface area contributed by atoms with E-state index in [2.05, 4.69) is 10.3 Å². The number of amides is 1. The number of aromatic nitrogens is 1. The predicted octanol–water partition coefficient (Wildman–Crippen LogP) is 1.24. The lowest BCUT2D eigenvalue weighted by Crippen LogP contribution is -2.35. The zero-order chi connectivity index (χ0) is 11.5. The van der Waals surface area contributed by atoms with Gasteiger partial charge in [-0.3, -0.25) is 4.79 Å². The molecule has 0 bridgehead atoms. The first-order valence-electron chi connectivity index (χ1n) is 5.28. The van der Waals surface area contributed by atoms with Crippen LogP contribution in [0.3, 0.4) is 0 Å². The summed E-state index contributed by atoms with van der Waals surface area (Å²) in [5.74, 6) is -0.0923. The van der Waals surface area contributed by atoms with Crippen molar-refractivity contribution in [2.45, 2.75) is 13.0 Å². The number of rotatable bonds is 3. The van der Waals surface area contributed by atoms with Crippen LogP contribution in [0.15, 0.2) is 30.5 Å². The van der Waals surface area contributed by atoms with Crippen LogP contribution in [-0.2, 0) is 0 Å². The molecule has 0 fully saturated rings. The zero-order valence-corrected chi connectivity index (χ0v) is 9.16. The molecule has 4 heteroatoms. The van der Waals surface area contributed by atoms with Gasteiger partial charge in [-0.05, 0) is 19.1 Å². The topological polar surface area (TPSA) is 70.9 Å². The van der Waals surface area contributed by atoms with E-state index in [4.69, 9.17) is 5.73 Å². The van der Waals surface area contributed by atoms with E-state index in [1.807, 2.05) is 31.3 Å². The molecule has 16 heavy (non-hydrogen) atoms. The van der Waals surface area contributed by atoms with E-state index in [9.17, 15) is 4.79 Å². The zero-order valence-electron chi connectivity index (χ0n) is 9.16. The molecule has 1 aromatic carbocycles. The summed E-state index contributed by atoms with van der Waals surface area (Å²) in [7, 11) is 0. The third kappa shape index (κ3) is 2.06. The highest BCUT2D eigenvalue weighted by atomic mass is 16.1. The van der Waals surface area contributed by atoms with Gasteiger partial charge in [0.2, 0.25) is 0 Å². The van der Waals surface area contributed by atoms with Gasteiger partial charge in [-0.2, -0.15) is 0 Å². The summed E-state index contributed by atoms with van der Waals surface area (Å²) < 4.78 is 0. The monoisotopic (exact) mass is 217 g/mol. The van der Waals surface area contributed by atoms with Gasteiger partial charge in [-0.1, -0.05) is 12.1 Å². The first-order valence-corrected chi connectivity index (χ1v) is 5.28. The molecule has 1 heterocycles. The highest BCUT2D eigenvalue weighted by molar-refractivity contribution is 6.05. The van der Waals surface area contributed by atoms with E-state index in [1.165, 1.54) is 0 Å². The van der Waals surface area contributed by atoms with Gasteiger partial charge in [-0.25, -0.2) is 0 Å². The number of nitrogens with two attached hydrogens (primary N) is 1. The largest absolute Gasteiger partial charge is 0.361 e. The Bertz CT molecular complexity index is 502. The van der Waals surface area contributed by atoms with Crippen molar-refractivity contribution in [3.63, 3.8) is 0 Å². The molecule has 0 aliphatic heterocycles. The van der Waals surface area contributed by atoms with Crippen molar-refractivity contribution in [3.05, 3.63) is 36.0 Å². The van der Waals surface area contributed by atoms with Crippen LogP contribution in [0.2, 0.25) is 0 Å². The minimum atomic E-state index is -0.0923. The van der Waals surface area contributed by atoms with Crippen molar-refractivity contribution in [2.75, 3.05) is 6.54 Å². The Hall–Kier alpha value is -1.81. The van der Waals surface area contributed by atoms with Gasteiger partial charge in [0.05, 0.1) is 11.1 Å². The molecule has 1 aromatic heterocycles. The molecule has 0 saturated carbocycles. The second-order valence-electron chi connectivity index (χ2n) is 3.93. The molecule has 4 N–H and O–H groups in total. The standard InChI is InChI=1S/C12H15N3O/c1-8(13)7-15-12(16)10-4-2-3-9-5-6-14-11(9)10/h2-6,8,14H,7,13H2,1H3,(H,15,16). The molecule has 0 aliphatic carbocycles. The lowest BCUT2D eigenvalue weighted by Gasteiger charge is -2.08. The minimum Gasteiger partial charge on any atom is -0.361 e. The number of carbonyl (C=O) groups excluding carboxylic acids is 1. The fourth-order valence-corrected chi connectivity index (χ4v) is 1.62. The summed E-state index contributed by atoms with van der Waals surface area (Å²) >= 11 is 0. The van der Waals surface area contributed by atoms with Gasteiger partial charge < -0.3 is 16.0 Å². The van der Waals surface area contributed by atoms with Crippen LogP contribution in [0.1, 0.15) is 17.3 Å². The van der Waals surface area contributed by atoms with Crippen LogP contribution in [-0.4, -0.2) is 23.5 Å². The van der Waals surface area contributed by atoms with Crippen LogP contribution < -0.4 is 11.1 Å². The van der Waals surface area contributed by atoms with E-state index in [-0.39, 0.29) is 11.9 Å². The molecule has 84 valence electrons. The van der Waals surface area contributed by atoms with Crippen molar-refractivity contribution in [1.82, 2.24) is 10.3 Å².